The number of thiocarbonyl (C=S) groups is 1. The molecule has 1 aliphatic heterocycles. The molecule has 0 saturated carbocycles. The molecule has 2 aromatic rings. The molecule has 0 bridgehead atoms. The second kappa shape index (κ2) is 8.20. The summed E-state index contributed by atoms with van der Waals surface area (Å²) in [4.78, 5) is 15.7. The Kier molecular flexibility index (Phi) is 6.20. The lowest BCUT2D eigenvalue weighted by Crippen LogP contribution is -2.30. The van der Waals surface area contributed by atoms with E-state index in [-0.39, 0.29) is 5.91 Å². The number of amides is 1. The second-order valence-corrected chi connectivity index (χ2v) is 8.80. The van der Waals surface area contributed by atoms with Gasteiger partial charge in [0.2, 0.25) is 0 Å². The third-order valence-corrected chi connectivity index (χ3v) is 6.40. The Labute approximate surface area is 169 Å². The Balaban J connectivity index is 1.82. The van der Waals surface area contributed by atoms with Crippen LogP contribution in [0.2, 0.25) is 10.0 Å². The molecular weight excluding hydrogens is 415 g/mol. The first kappa shape index (κ1) is 18.9. The van der Waals surface area contributed by atoms with E-state index in [1.807, 2.05) is 29.7 Å². The molecule has 1 amide bonds. The molecule has 3 rings (SSSR count). The summed E-state index contributed by atoms with van der Waals surface area (Å²) in [5.74, 6) is -0.0528. The molecule has 2 heterocycles. The predicted molar refractivity (Wildman–Crippen MR) is 113 cm³/mol. The van der Waals surface area contributed by atoms with Crippen LogP contribution in [-0.2, 0) is 4.79 Å². The van der Waals surface area contributed by atoms with Crippen LogP contribution in [0.4, 0.5) is 0 Å². The lowest BCUT2D eigenvalue weighted by Gasteiger charge is -2.12. The maximum absolute atomic E-state index is 12.5. The largest absolute Gasteiger partial charge is 0.330 e. The van der Waals surface area contributed by atoms with E-state index in [0.717, 1.165) is 22.4 Å². The Morgan fingerprint density at radius 3 is 2.80 bits per heavy atom. The number of benzene rings is 1. The monoisotopic (exact) mass is 428 g/mol. The average molecular weight is 429 g/mol. The van der Waals surface area contributed by atoms with Gasteiger partial charge in [-0.3, -0.25) is 9.69 Å². The van der Waals surface area contributed by atoms with Gasteiger partial charge in [0.05, 0.1) is 4.91 Å². The van der Waals surface area contributed by atoms with Crippen LogP contribution in [0, 0.1) is 0 Å². The van der Waals surface area contributed by atoms with E-state index in [0.29, 0.717) is 32.4 Å². The summed E-state index contributed by atoms with van der Waals surface area (Å²) >= 11 is 20.4. The number of hydrogen-bond acceptors (Lipinski definition) is 5. The molecule has 1 fully saturated rings. The van der Waals surface area contributed by atoms with E-state index in [9.17, 15) is 4.79 Å². The summed E-state index contributed by atoms with van der Waals surface area (Å²) in [5.41, 5.74) is 7.43. The average Bonchev–Trinajstić information content (AvgIpc) is 3.12. The number of rotatable bonds is 5. The molecule has 8 heteroatoms. The van der Waals surface area contributed by atoms with Gasteiger partial charge in [-0.15, -0.1) is 11.3 Å². The van der Waals surface area contributed by atoms with Crippen molar-refractivity contribution in [3.63, 3.8) is 0 Å². The fraction of sp³-hybridized carbons (Fsp3) is 0.176. The molecule has 1 aliphatic rings. The second-order valence-electron chi connectivity index (χ2n) is 5.34. The van der Waals surface area contributed by atoms with E-state index in [2.05, 4.69) is 0 Å². The summed E-state index contributed by atoms with van der Waals surface area (Å²) in [6, 6.07) is 7.43. The van der Waals surface area contributed by atoms with Gasteiger partial charge in [-0.1, -0.05) is 53.2 Å². The molecule has 0 aliphatic carbocycles. The van der Waals surface area contributed by atoms with Gasteiger partial charge < -0.3 is 5.73 Å². The number of thiophene rings is 1. The number of carbonyl (C=O) groups excluding carboxylic acids is 1. The molecule has 0 radical (unpaired) electrons. The first-order chi connectivity index (χ1) is 12.0. The highest BCUT2D eigenvalue weighted by atomic mass is 35.5. The van der Waals surface area contributed by atoms with Crippen LogP contribution < -0.4 is 5.73 Å². The Bertz CT molecular complexity index is 863. The van der Waals surface area contributed by atoms with Gasteiger partial charge in [0, 0.05) is 27.0 Å². The van der Waals surface area contributed by atoms with Crippen molar-refractivity contribution in [2.45, 2.75) is 6.42 Å². The van der Waals surface area contributed by atoms with Crippen LogP contribution in [0.25, 0.3) is 17.2 Å². The highest BCUT2D eigenvalue weighted by molar-refractivity contribution is 8.26. The van der Waals surface area contributed by atoms with Crippen LogP contribution >= 0.6 is 58.5 Å². The van der Waals surface area contributed by atoms with E-state index < -0.39 is 0 Å². The van der Waals surface area contributed by atoms with Gasteiger partial charge in [-0.25, -0.2) is 0 Å². The van der Waals surface area contributed by atoms with Crippen molar-refractivity contribution in [1.29, 1.82) is 0 Å². The summed E-state index contributed by atoms with van der Waals surface area (Å²) in [6.07, 6.45) is 2.61. The van der Waals surface area contributed by atoms with E-state index in [1.165, 1.54) is 11.8 Å². The normalized spacial score (nSPS) is 16.3. The van der Waals surface area contributed by atoms with Crippen LogP contribution in [0.3, 0.4) is 0 Å². The lowest BCUT2D eigenvalue weighted by molar-refractivity contribution is -0.122. The first-order valence-corrected chi connectivity index (χ1v) is 10.3. The molecule has 0 atom stereocenters. The molecule has 130 valence electrons. The molecule has 0 spiro atoms. The zero-order chi connectivity index (χ0) is 18.0. The van der Waals surface area contributed by atoms with Crippen molar-refractivity contribution < 1.29 is 4.79 Å². The van der Waals surface area contributed by atoms with Gasteiger partial charge in [0.25, 0.3) is 5.91 Å². The maximum atomic E-state index is 12.5. The van der Waals surface area contributed by atoms with E-state index >= 15 is 0 Å². The number of nitrogens with zero attached hydrogens (tertiary/aromatic N) is 1. The van der Waals surface area contributed by atoms with Gasteiger partial charge in [-0.2, -0.15) is 0 Å². The number of carbonyl (C=O) groups is 1. The standard InChI is InChI=1S/C17H14Cl2N2OS3/c18-11-2-3-13(14(19)7-11)10-6-12(24-9-10)8-15-16(22)21(5-1-4-20)17(23)25-15/h2-3,6-9H,1,4-5,20H2/b15-8-. The lowest BCUT2D eigenvalue weighted by atomic mass is 10.1. The third kappa shape index (κ3) is 4.27. The minimum Gasteiger partial charge on any atom is -0.330 e. The summed E-state index contributed by atoms with van der Waals surface area (Å²) in [7, 11) is 0. The minimum absolute atomic E-state index is 0.0528. The predicted octanol–water partition coefficient (Wildman–Crippen LogP) is 5.27. The maximum Gasteiger partial charge on any atom is 0.266 e. The highest BCUT2D eigenvalue weighted by Gasteiger charge is 2.31. The number of nitrogens with two attached hydrogens (primary N) is 1. The summed E-state index contributed by atoms with van der Waals surface area (Å²) in [6.45, 7) is 1.10. The van der Waals surface area contributed by atoms with Crippen molar-refractivity contribution in [3.8, 4) is 11.1 Å². The quantitative estimate of drug-likeness (QED) is 0.520. The fourth-order valence-corrected chi connectivity index (χ4v) is 5.10. The fourth-order valence-electron chi connectivity index (χ4n) is 2.36. The Morgan fingerprint density at radius 1 is 1.28 bits per heavy atom. The summed E-state index contributed by atoms with van der Waals surface area (Å²) in [5, 5.41) is 3.21. The zero-order valence-electron chi connectivity index (χ0n) is 13.0. The van der Waals surface area contributed by atoms with Gasteiger partial charge in [-0.05, 0) is 48.2 Å². The molecular formula is C17H14Cl2N2OS3. The molecule has 1 aromatic heterocycles. The molecule has 0 unspecified atom stereocenters. The van der Waals surface area contributed by atoms with Gasteiger partial charge in [0.15, 0.2) is 0 Å². The van der Waals surface area contributed by atoms with Gasteiger partial charge >= 0.3 is 0 Å². The van der Waals surface area contributed by atoms with Crippen LogP contribution in [0.15, 0.2) is 34.6 Å². The topological polar surface area (TPSA) is 46.3 Å². The van der Waals surface area contributed by atoms with Gasteiger partial charge in [0.1, 0.15) is 4.32 Å². The molecule has 2 N–H and O–H groups in total. The Hall–Kier alpha value is -0.890. The summed E-state index contributed by atoms with van der Waals surface area (Å²) < 4.78 is 0.585. The zero-order valence-corrected chi connectivity index (χ0v) is 17.0. The Morgan fingerprint density at radius 2 is 2.08 bits per heavy atom. The first-order valence-electron chi connectivity index (χ1n) is 7.49. The number of hydrogen-bond donors (Lipinski definition) is 1. The molecule has 25 heavy (non-hydrogen) atoms. The van der Waals surface area contributed by atoms with Crippen molar-refractivity contribution in [3.05, 3.63) is 49.5 Å². The third-order valence-electron chi connectivity index (χ3n) is 3.59. The van der Waals surface area contributed by atoms with Crippen LogP contribution in [0.5, 0.6) is 0 Å². The van der Waals surface area contributed by atoms with Crippen molar-refractivity contribution >= 4 is 74.8 Å². The molecule has 3 nitrogen and oxygen atoms in total. The molecule has 1 aromatic carbocycles. The number of thioether (sulfide) groups is 1. The highest BCUT2D eigenvalue weighted by Crippen LogP contribution is 2.37. The minimum atomic E-state index is -0.0528. The van der Waals surface area contributed by atoms with Crippen molar-refractivity contribution in [2.24, 2.45) is 5.73 Å². The van der Waals surface area contributed by atoms with E-state index in [4.69, 9.17) is 41.2 Å². The molecule has 1 saturated heterocycles. The van der Waals surface area contributed by atoms with Crippen molar-refractivity contribution in [2.75, 3.05) is 13.1 Å². The smallest absolute Gasteiger partial charge is 0.266 e. The number of halogens is 2. The van der Waals surface area contributed by atoms with Crippen molar-refractivity contribution in [1.82, 2.24) is 4.90 Å². The van der Waals surface area contributed by atoms with Crippen LogP contribution in [0.1, 0.15) is 11.3 Å². The van der Waals surface area contributed by atoms with Crippen LogP contribution in [-0.4, -0.2) is 28.2 Å². The SMILES string of the molecule is NCCCN1C(=O)/C(=C/c2cc(-c3ccc(Cl)cc3Cl)cs2)SC1=S. The van der Waals surface area contributed by atoms with E-state index in [1.54, 1.807) is 22.3 Å².